The van der Waals surface area contributed by atoms with Crippen LogP contribution in [-0.2, 0) is 50.4 Å². The second kappa shape index (κ2) is 37.7. The predicted octanol–water partition coefficient (Wildman–Crippen LogP) is 15.4. The molecule has 0 bridgehead atoms. The third-order valence-corrected chi connectivity index (χ3v) is 15.5. The first kappa shape index (κ1) is 91.1. The number of alkyl carbamates (subject to hydrolysis) is 2. The van der Waals surface area contributed by atoms with E-state index in [2.05, 4.69) is 68.1 Å². The molecule has 10 N–H and O–H groups in total. The molecule has 3 aromatic carbocycles. The molecule has 2 fully saturated rings. The lowest BCUT2D eigenvalue weighted by atomic mass is 10.1. The van der Waals surface area contributed by atoms with E-state index >= 15 is 0 Å². The number of halogens is 6. The molecule has 0 saturated carbocycles. The van der Waals surface area contributed by atoms with Gasteiger partial charge in [0.05, 0.1) is 57.2 Å². The topological polar surface area (TPSA) is 409 Å². The molecule has 4 aromatic rings. The van der Waals surface area contributed by atoms with E-state index in [4.69, 9.17) is 37.9 Å². The van der Waals surface area contributed by atoms with E-state index in [9.17, 15) is 74.3 Å². The van der Waals surface area contributed by atoms with Crippen LogP contribution in [0.3, 0.4) is 0 Å². The Hall–Kier alpha value is -10.8. The summed E-state index contributed by atoms with van der Waals surface area (Å²) in [7, 11) is 0. The smallest absolute Gasteiger partial charge is 0.437 e. The quantitative estimate of drug-likeness (QED) is 0.0129. The Bertz CT molecular complexity index is 3970. The first-order valence-corrected chi connectivity index (χ1v) is 36.9. The molecular weight excluding hydrogens is 1520 g/mol. The Morgan fingerprint density at radius 1 is 0.460 bits per heavy atom. The lowest BCUT2D eigenvalue weighted by molar-refractivity contribution is -0.138. The van der Waals surface area contributed by atoms with Crippen molar-refractivity contribution in [1.82, 2.24) is 36.1 Å². The number of carbonyl (C=O) groups is 10. The van der Waals surface area contributed by atoms with Crippen LogP contribution in [0.5, 0.6) is 11.5 Å². The maximum absolute atomic E-state index is 14.9. The van der Waals surface area contributed by atoms with Gasteiger partial charge in [0.25, 0.3) is 0 Å². The summed E-state index contributed by atoms with van der Waals surface area (Å²) in [5, 5.41) is 24.8. The van der Waals surface area contributed by atoms with Crippen LogP contribution in [0.2, 0.25) is 0 Å². The van der Waals surface area contributed by atoms with Gasteiger partial charge in [-0.15, -0.1) is 9.98 Å². The highest BCUT2D eigenvalue weighted by Gasteiger charge is 2.39. The molecule has 2 aliphatic rings. The Labute approximate surface area is 653 Å². The number of likely N-dealkylation sites (tertiary alicyclic amines) is 2. The second-order valence-electron chi connectivity index (χ2n) is 32.1. The summed E-state index contributed by atoms with van der Waals surface area (Å²) < 4.78 is 134. The predicted molar refractivity (Wildman–Crippen MR) is 409 cm³/mol. The van der Waals surface area contributed by atoms with Gasteiger partial charge >= 0.3 is 61.0 Å². The highest BCUT2D eigenvalue weighted by atomic mass is 32.1. The summed E-state index contributed by atoms with van der Waals surface area (Å²) in [5.74, 6) is -3.14. The maximum atomic E-state index is 14.9. The standard InChI is InChI=1S/C73H101F6N15O18S/c1-66(2,3)107-60(99)88-55(89-61(100)108-67(4,5)6)80-29-21-19-23-51(95)83-46-33-40(72(74,75)76)35-48(53(46)105-43-27-31-93(38-43)64(103)111-70(13,14)15)85-57(97)82-42-25-26-45-50(37-42)113-59(87-45)92-58(98)86-49-36-41(73(77,78)79)34-47(54(49)106-44-28-32-94(39-44)65(104)112-71(16,17)18)84-52(96)24-20-22-30-81-56(90-62(101)109-68(7,8)9)91-63(102)110-69(10,11)12/h25-26,33-37,43-44H,19-24,27-32,38-39H2,1-18H3,(H,83,95)(H,84,96)(H2,82,85,97)(H2,86,87,92,98)(H2,80,88,89,99,100)(H2,81,90,91,101,102)/t43-,44-/m1/s1. The van der Waals surface area contributed by atoms with Crippen LogP contribution in [0, 0.1) is 0 Å². The first-order valence-electron chi connectivity index (χ1n) is 36.1. The monoisotopic (exact) mass is 1620 g/mol. The summed E-state index contributed by atoms with van der Waals surface area (Å²) in [4.78, 5) is 147. The summed E-state index contributed by atoms with van der Waals surface area (Å²) >= 11 is 0.817. The Morgan fingerprint density at radius 3 is 1.19 bits per heavy atom. The van der Waals surface area contributed by atoms with Crippen molar-refractivity contribution >= 4 is 127 Å². The fourth-order valence-corrected chi connectivity index (χ4v) is 11.1. The highest BCUT2D eigenvalue weighted by molar-refractivity contribution is 7.22. The Balaban J connectivity index is 1.22. The molecule has 0 spiro atoms. The molecule has 113 heavy (non-hydrogen) atoms. The van der Waals surface area contributed by atoms with Crippen molar-refractivity contribution in [2.24, 2.45) is 9.98 Å². The van der Waals surface area contributed by atoms with Crippen LogP contribution in [0.4, 0.5) is 98.3 Å². The number of carbonyl (C=O) groups excluding carboxylic acids is 10. The number of amides is 12. The number of hydrogen-bond donors (Lipinski definition) is 10. The fraction of sp³-hybridized carbons (Fsp3) is 0.575. The maximum Gasteiger partial charge on any atom is 0.437 e. The van der Waals surface area contributed by atoms with Crippen LogP contribution >= 0.6 is 11.3 Å². The Kier molecular flexibility index (Phi) is 30.3. The SMILES string of the molecule is CC(C)(C)OC(=O)N=C(NCCCCC(=O)Nc1cc(C(F)(F)F)cc(NC(=O)Nc2ccc3nc(NC(=O)Nc4cc(C(F)(F)F)cc(NC(=O)CCCCNC(=NC(=O)OC(C)(C)C)NC(=O)OC(C)(C)C)c4O[C@@H]4CCN(C(=O)OC(C)(C)C)C4)sc3c2)c1O[C@@H]1CCN(C(=O)OC(C)(C)C)C1)NC(=O)OC(C)(C)C. The van der Waals surface area contributed by atoms with Crippen LogP contribution in [0.1, 0.15) is 187 Å². The van der Waals surface area contributed by atoms with E-state index in [0.29, 0.717) is 24.3 Å². The number of aliphatic imine (C=N–C) groups is 2. The minimum Gasteiger partial charge on any atom is -0.484 e. The van der Waals surface area contributed by atoms with Gasteiger partial charge in [0.15, 0.2) is 16.6 Å². The van der Waals surface area contributed by atoms with Crippen LogP contribution < -0.4 is 62.6 Å². The molecule has 2 saturated heterocycles. The van der Waals surface area contributed by atoms with E-state index < -0.39 is 164 Å². The summed E-state index contributed by atoms with van der Waals surface area (Å²) in [6.07, 6.45) is -17.3. The molecule has 0 radical (unpaired) electrons. The average molecular weight is 1620 g/mol. The van der Waals surface area contributed by atoms with Gasteiger partial charge < -0.3 is 84.9 Å². The highest BCUT2D eigenvalue weighted by Crippen LogP contribution is 2.45. The van der Waals surface area contributed by atoms with E-state index in [0.717, 1.165) is 11.3 Å². The number of benzene rings is 3. The van der Waals surface area contributed by atoms with Gasteiger partial charge in [-0.05, 0) is 193 Å². The molecular formula is C73H101F6N15O18S. The number of ether oxygens (including phenoxy) is 8. The summed E-state index contributed by atoms with van der Waals surface area (Å²) in [5.41, 5.74) is -10.2. The minimum atomic E-state index is -5.09. The molecule has 0 aliphatic carbocycles. The normalized spacial score (nSPS) is 15.2. The number of urea groups is 2. The fourth-order valence-electron chi connectivity index (χ4n) is 10.2. The molecule has 40 heteroatoms. The molecule has 3 heterocycles. The van der Waals surface area contributed by atoms with Gasteiger partial charge in [0.2, 0.25) is 23.7 Å². The zero-order valence-electron chi connectivity index (χ0n) is 66.4. The zero-order chi connectivity index (χ0) is 84.6. The van der Waals surface area contributed by atoms with Gasteiger partial charge in [0, 0.05) is 57.5 Å². The van der Waals surface area contributed by atoms with E-state index in [1.54, 1.807) is 125 Å². The number of alkyl halides is 6. The Morgan fingerprint density at radius 2 is 0.823 bits per heavy atom. The van der Waals surface area contributed by atoms with Gasteiger partial charge in [-0.2, -0.15) is 26.3 Å². The third kappa shape index (κ3) is 32.8. The van der Waals surface area contributed by atoms with Crippen molar-refractivity contribution in [3.8, 4) is 11.5 Å². The number of anilines is 6. The van der Waals surface area contributed by atoms with Crippen molar-refractivity contribution in [2.75, 3.05) is 71.2 Å². The number of nitrogens with zero attached hydrogens (tertiary/aromatic N) is 5. The molecule has 6 rings (SSSR count). The van der Waals surface area contributed by atoms with Crippen molar-refractivity contribution in [3.05, 3.63) is 53.6 Å². The van der Waals surface area contributed by atoms with Gasteiger partial charge in [-0.25, -0.2) is 43.3 Å². The number of hydrogen-bond acceptors (Lipinski definition) is 20. The second-order valence-corrected chi connectivity index (χ2v) is 33.1. The summed E-state index contributed by atoms with van der Waals surface area (Å²) in [6, 6.07) is 4.20. The van der Waals surface area contributed by atoms with Crippen molar-refractivity contribution in [2.45, 2.75) is 234 Å². The molecule has 0 unspecified atom stereocenters. The largest absolute Gasteiger partial charge is 0.484 e. The number of rotatable bonds is 20. The van der Waals surface area contributed by atoms with Crippen LogP contribution in [0.15, 0.2) is 52.4 Å². The van der Waals surface area contributed by atoms with Gasteiger partial charge in [-0.1, -0.05) is 11.3 Å². The molecule has 2 atom stereocenters. The number of aromatic nitrogens is 1. The zero-order valence-corrected chi connectivity index (χ0v) is 67.2. The first-order chi connectivity index (χ1) is 52.0. The van der Waals surface area contributed by atoms with Crippen molar-refractivity contribution in [3.63, 3.8) is 0 Å². The number of nitrogens with one attached hydrogen (secondary N) is 10. The molecule has 12 amide bonds. The molecule has 2 aliphatic heterocycles. The number of guanidine groups is 2. The average Bonchev–Trinajstić information content (AvgIpc) is 1.67. The lowest BCUT2D eigenvalue weighted by Crippen LogP contribution is -2.44. The van der Waals surface area contributed by atoms with Gasteiger partial charge in [0.1, 0.15) is 45.8 Å². The van der Waals surface area contributed by atoms with E-state index in [-0.39, 0.29) is 124 Å². The number of thiazole rings is 1. The minimum absolute atomic E-state index is 0.00230. The number of fused-ring (bicyclic) bond motifs is 1. The van der Waals surface area contributed by atoms with Crippen molar-refractivity contribution < 1.29 is 112 Å². The van der Waals surface area contributed by atoms with E-state index in [1.807, 2.05) is 0 Å². The third-order valence-electron chi connectivity index (χ3n) is 14.6. The van der Waals surface area contributed by atoms with Crippen LogP contribution in [-0.4, -0.2) is 172 Å². The molecule has 33 nitrogen and oxygen atoms in total. The molecule has 1 aromatic heterocycles. The van der Waals surface area contributed by atoms with Gasteiger partial charge in [-0.3, -0.25) is 25.5 Å². The molecule has 624 valence electrons. The van der Waals surface area contributed by atoms with Crippen molar-refractivity contribution in [1.29, 1.82) is 0 Å². The van der Waals surface area contributed by atoms with Crippen LogP contribution in [0.25, 0.3) is 10.2 Å². The van der Waals surface area contributed by atoms with E-state index in [1.165, 1.54) is 28.0 Å². The lowest BCUT2D eigenvalue weighted by Gasteiger charge is -2.25. The summed E-state index contributed by atoms with van der Waals surface area (Å²) in [6.45, 7) is 29.2. The number of unbranched alkanes of at least 4 members (excludes halogenated alkanes) is 2.